The molecule has 0 spiro atoms. The van der Waals surface area contributed by atoms with Crippen LogP contribution in [0.15, 0.2) is 34.7 Å². The van der Waals surface area contributed by atoms with Gasteiger partial charge in [0.1, 0.15) is 10.6 Å². The van der Waals surface area contributed by atoms with Crippen LogP contribution in [-0.2, 0) is 17.1 Å². The van der Waals surface area contributed by atoms with Crippen molar-refractivity contribution in [3.8, 4) is 0 Å². The van der Waals surface area contributed by atoms with E-state index in [0.29, 0.717) is 0 Å². The lowest BCUT2D eigenvalue weighted by atomic mass is 10.3. The summed E-state index contributed by atoms with van der Waals surface area (Å²) >= 11 is 1.45. The highest BCUT2D eigenvalue weighted by molar-refractivity contribution is 7.89. The van der Waals surface area contributed by atoms with Crippen LogP contribution in [0.3, 0.4) is 0 Å². The molecule has 0 saturated heterocycles. The normalized spacial score (nSPS) is 13.3. The molecule has 0 amide bonds. The predicted octanol–water partition coefficient (Wildman–Crippen LogP) is 1.82. The van der Waals surface area contributed by atoms with Gasteiger partial charge >= 0.3 is 5.97 Å². The fourth-order valence-electron chi connectivity index (χ4n) is 1.79. The second-order valence-electron chi connectivity index (χ2n) is 4.34. The summed E-state index contributed by atoms with van der Waals surface area (Å²) in [5.74, 6) is -1.17. The van der Waals surface area contributed by atoms with Gasteiger partial charge < -0.3 is 9.67 Å². The summed E-state index contributed by atoms with van der Waals surface area (Å²) in [5.41, 5.74) is -0.0749. The van der Waals surface area contributed by atoms with Crippen LogP contribution >= 0.6 is 11.3 Å². The molecule has 0 bridgehead atoms. The molecule has 1 unspecified atom stereocenters. The van der Waals surface area contributed by atoms with E-state index in [1.165, 1.54) is 29.1 Å². The van der Waals surface area contributed by atoms with Gasteiger partial charge in [-0.2, -0.15) is 0 Å². The molecule has 0 radical (unpaired) electrons. The third kappa shape index (κ3) is 2.92. The molecule has 2 aromatic rings. The minimum atomic E-state index is -3.75. The van der Waals surface area contributed by atoms with Gasteiger partial charge in [0.2, 0.25) is 10.0 Å². The molecule has 0 aliphatic rings. The van der Waals surface area contributed by atoms with Gasteiger partial charge in [0.25, 0.3) is 0 Å². The predicted molar refractivity (Wildman–Crippen MR) is 75.4 cm³/mol. The quantitative estimate of drug-likeness (QED) is 0.881. The Bertz CT molecular complexity index is 717. The third-order valence-electron chi connectivity index (χ3n) is 2.81. The van der Waals surface area contributed by atoms with E-state index >= 15 is 0 Å². The number of carboxylic acids is 1. The Morgan fingerprint density at radius 2 is 2.20 bits per heavy atom. The molecule has 108 valence electrons. The van der Waals surface area contributed by atoms with E-state index in [4.69, 9.17) is 5.11 Å². The fraction of sp³-hybridized carbons (Fsp3) is 0.250. The monoisotopic (exact) mass is 314 g/mol. The molecule has 8 heteroatoms. The van der Waals surface area contributed by atoms with Crippen molar-refractivity contribution in [1.82, 2.24) is 9.29 Å². The van der Waals surface area contributed by atoms with Crippen LogP contribution in [0.5, 0.6) is 0 Å². The Kier molecular flexibility index (Phi) is 3.98. The maximum Gasteiger partial charge on any atom is 0.352 e. The zero-order chi connectivity index (χ0) is 14.9. The Labute approximate surface area is 120 Å². The average molecular weight is 314 g/mol. The number of hydrogen-bond acceptors (Lipinski definition) is 4. The number of carbonyl (C=O) groups is 1. The minimum Gasteiger partial charge on any atom is -0.477 e. The lowest BCUT2D eigenvalue weighted by Crippen LogP contribution is -2.26. The zero-order valence-electron chi connectivity index (χ0n) is 10.9. The van der Waals surface area contributed by atoms with Crippen LogP contribution in [0.25, 0.3) is 0 Å². The van der Waals surface area contributed by atoms with E-state index in [9.17, 15) is 13.2 Å². The first-order chi connectivity index (χ1) is 9.31. The van der Waals surface area contributed by atoms with Crippen LogP contribution in [-0.4, -0.2) is 24.1 Å². The van der Waals surface area contributed by atoms with E-state index in [-0.39, 0.29) is 16.6 Å². The van der Waals surface area contributed by atoms with Crippen LogP contribution in [0.2, 0.25) is 0 Å². The highest BCUT2D eigenvalue weighted by Gasteiger charge is 2.22. The number of hydrogen-bond donors (Lipinski definition) is 2. The Balaban J connectivity index is 2.27. The minimum absolute atomic E-state index is 0.0548. The van der Waals surface area contributed by atoms with Crippen molar-refractivity contribution in [3.63, 3.8) is 0 Å². The molecule has 2 rings (SSSR count). The smallest absolute Gasteiger partial charge is 0.352 e. The van der Waals surface area contributed by atoms with Crippen LogP contribution in [0.4, 0.5) is 0 Å². The summed E-state index contributed by atoms with van der Waals surface area (Å²) in [6.07, 6.45) is 1.28. The summed E-state index contributed by atoms with van der Waals surface area (Å²) in [6, 6.07) is 4.46. The molecular formula is C12H14N2O4S2. The fourth-order valence-corrected chi connectivity index (χ4v) is 3.89. The molecule has 0 fully saturated rings. The number of rotatable bonds is 5. The van der Waals surface area contributed by atoms with E-state index < -0.39 is 16.0 Å². The maximum absolute atomic E-state index is 12.2. The first kappa shape index (κ1) is 14.8. The van der Waals surface area contributed by atoms with Gasteiger partial charge in [-0.3, -0.25) is 0 Å². The molecular weight excluding hydrogens is 300 g/mol. The zero-order valence-corrected chi connectivity index (χ0v) is 12.5. The standard InChI is InChI=1S/C12H14N2O4S2/c1-8(11-4-3-5-19-11)13-20(17,18)9-6-10(12(15)16)14(2)7-9/h3-8,13H,1-2H3,(H,15,16). The van der Waals surface area contributed by atoms with Crippen molar-refractivity contribution < 1.29 is 18.3 Å². The van der Waals surface area contributed by atoms with Gasteiger partial charge in [-0.05, 0) is 24.4 Å². The van der Waals surface area contributed by atoms with Crippen LogP contribution in [0, 0.1) is 0 Å². The van der Waals surface area contributed by atoms with Gasteiger partial charge in [-0.1, -0.05) is 6.07 Å². The largest absolute Gasteiger partial charge is 0.477 e. The molecule has 1 atom stereocenters. The first-order valence-electron chi connectivity index (χ1n) is 5.76. The summed E-state index contributed by atoms with van der Waals surface area (Å²) in [4.78, 5) is 11.8. The van der Waals surface area contributed by atoms with Crippen molar-refractivity contribution in [2.75, 3.05) is 0 Å². The lowest BCUT2D eigenvalue weighted by Gasteiger charge is -2.11. The Morgan fingerprint density at radius 3 is 2.70 bits per heavy atom. The summed E-state index contributed by atoms with van der Waals surface area (Å²) in [7, 11) is -2.26. The van der Waals surface area contributed by atoms with Crippen LogP contribution < -0.4 is 4.72 Å². The molecule has 0 aromatic carbocycles. The topological polar surface area (TPSA) is 88.4 Å². The molecule has 2 heterocycles. The number of aromatic nitrogens is 1. The third-order valence-corrected chi connectivity index (χ3v) is 5.37. The number of aromatic carboxylic acids is 1. The Morgan fingerprint density at radius 1 is 1.50 bits per heavy atom. The second kappa shape index (κ2) is 5.39. The molecule has 0 saturated carbocycles. The molecule has 20 heavy (non-hydrogen) atoms. The molecule has 2 aromatic heterocycles. The van der Waals surface area contributed by atoms with E-state index in [0.717, 1.165) is 10.9 Å². The number of thiophene rings is 1. The molecule has 0 aliphatic carbocycles. The van der Waals surface area contributed by atoms with Gasteiger partial charge in [-0.15, -0.1) is 11.3 Å². The highest BCUT2D eigenvalue weighted by Crippen LogP contribution is 2.21. The maximum atomic E-state index is 12.2. The summed E-state index contributed by atoms with van der Waals surface area (Å²) in [6.45, 7) is 1.74. The molecule has 2 N–H and O–H groups in total. The number of aryl methyl sites for hydroxylation is 1. The Hall–Kier alpha value is -1.64. The van der Waals surface area contributed by atoms with E-state index in [2.05, 4.69) is 4.72 Å². The van der Waals surface area contributed by atoms with E-state index in [1.807, 2.05) is 17.5 Å². The second-order valence-corrected chi connectivity index (χ2v) is 7.03. The average Bonchev–Trinajstić information content (AvgIpc) is 2.96. The number of carboxylic acid groups (broad SMARTS) is 1. The highest BCUT2D eigenvalue weighted by atomic mass is 32.2. The molecule has 0 aliphatic heterocycles. The van der Waals surface area contributed by atoms with Gasteiger partial charge in [0.05, 0.1) is 6.04 Å². The molecule has 6 nitrogen and oxygen atoms in total. The number of nitrogens with one attached hydrogen (secondary N) is 1. The summed E-state index contributed by atoms with van der Waals surface area (Å²) < 4.78 is 28.2. The van der Waals surface area contributed by atoms with Gasteiger partial charge in [0, 0.05) is 18.1 Å². The van der Waals surface area contributed by atoms with Crippen molar-refractivity contribution in [1.29, 1.82) is 0 Å². The SMILES string of the molecule is CC(NS(=O)(=O)c1cc(C(=O)O)n(C)c1)c1cccs1. The van der Waals surface area contributed by atoms with E-state index in [1.54, 1.807) is 6.92 Å². The lowest BCUT2D eigenvalue weighted by molar-refractivity contribution is 0.0686. The summed E-state index contributed by atoms with van der Waals surface area (Å²) in [5, 5.41) is 10.8. The number of nitrogens with zero attached hydrogens (tertiary/aromatic N) is 1. The van der Waals surface area contributed by atoms with Crippen molar-refractivity contribution >= 4 is 27.3 Å². The first-order valence-corrected chi connectivity index (χ1v) is 8.13. The van der Waals surface area contributed by atoms with Gasteiger partial charge in [-0.25, -0.2) is 17.9 Å². The van der Waals surface area contributed by atoms with Gasteiger partial charge in [0.15, 0.2) is 0 Å². The van der Waals surface area contributed by atoms with Crippen molar-refractivity contribution in [3.05, 3.63) is 40.3 Å². The van der Waals surface area contributed by atoms with Crippen LogP contribution in [0.1, 0.15) is 28.3 Å². The van der Waals surface area contributed by atoms with Crippen molar-refractivity contribution in [2.24, 2.45) is 7.05 Å². The van der Waals surface area contributed by atoms with Crippen molar-refractivity contribution in [2.45, 2.75) is 17.9 Å². The number of sulfonamides is 1.